The zero-order chi connectivity index (χ0) is 21.9. The molecule has 0 heterocycles. The number of carbonyl (C=O) groups is 4. The Morgan fingerprint density at radius 3 is 2.28 bits per heavy atom. The van der Waals surface area contributed by atoms with Crippen LogP contribution in [0.3, 0.4) is 0 Å². The lowest BCUT2D eigenvalue weighted by Crippen LogP contribution is -2.35. The van der Waals surface area contributed by atoms with Gasteiger partial charge in [-0.1, -0.05) is 18.5 Å². The number of ether oxygens (including phenoxy) is 1. The largest absolute Gasteiger partial charge is 0.481 e. The maximum atomic E-state index is 12.9. The van der Waals surface area contributed by atoms with E-state index in [0.29, 0.717) is 6.42 Å². The number of carbonyl (C=O) groups excluding carboxylic acids is 4. The summed E-state index contributed by atoms with van der Waals surface area (Å²) in [5.74, 6) is -4.27. The van der Waals surface area contributed by atoms with Crippen LogP contribution in [-0.4, -0.2) is 63.0 Å². The van der Waals surface area contributed by atoms with Crippen LogP contribution in [0.2, 0.25) is 5.02 Å². The number of nitrogens with zero attached hydrogens (tertiary/aromatic N) is 1. The smallest absolute Gasteiger partial charge is 0.259 e. The molecule has 1 amide bonds. The van der Waals surface area contributed by atoms with Crippen LogP contribution in [0.5, 0.6) is 5.75 Å². The van der Waals surface area contributed by atoms with Gasteiger partial charge in [0, 0.05) is 32.5 Å². The molecule has 0 spiro atoms. The van der Waals surface area contributed by atoms with E-state index in [1.807, 2.05) is 0 Å². The van der Waals surface area contributed by atoms with Gasteiger partial charge in [0.05, 0.1) is 10.8 Å². The third-order valence-corrected chi connectivity index (χ3v) is 6.76. The topological polar surface area (TPSA) is 115 Å². The predicted octanol–water partition coefficient (Wildman–Crippen LogP) is 1.72. The third kappa shape index (κ3) is 4.84. The Bertz CT molecular complexity index is 953. The molecular weight excluding hydrogens is 422 g/mol. The van der Waals surface area contributed by atoms with Crippen LogP contribution < -0.4 is 4.74 Å². The van der Waals surface area contributed by atoms with E-state index < -0.39 is 45.6 Å². The molecule has 0 unspecified atom stereocenters. The molecule has 1 aromatic carbocycles. The monoisotopic (exact) mass is 443 g/mol. The van der Waals surface area contributed by atoms with E-state index in [9.17, 15) is 27.6 Å². The summed E-state index contributed by atoms with van der Waals surface area (Å²) in [7, 11) is -0.793. The molecule has 8 nitrogen and oxygen atoms in total. The van der Waals surface area contributed by atoms with E-state index >= 15 is 0 Å². The van der Waals surface area contributed by atoms with Crippen LogP contribution in [0.15, 0.2) is 17.0 Å². The lowest BCUT2D eigenvalue weighted by molar-refractivity contribution is -0.133. The van der Waals surface area contributed by atoms with Crippen molar-refractivity contribution in [2.45, 2.75) is 31.1 Å². The minimum atomic E-state index is -3.79. The van der Waals surface area contributed by atoms with Crippen molar-refractivity contribution in [3.8, 4) is 5.75 Å². The van der Waals surface area contributed by atoms with Crippen molar-refractivity contribution in [1.29, 1.82) is 0 Å². The Hall–Kier alpha value is -2.26. The third-order valence-electron chi connectivity index (χ3n) is 4.63. The second-order valence-electron chi connectivity index (χ2n) is 6.82. The molecule has 0 saturated heterocycles. The van der Waals surface area contributed by atoms with Gasteiger partial charge in [-0.2, -0.15) is 0 Å². The minimum absolute atomic E-state index is 0.114. The van der Waals surface area contributed by atoms with Gasteiger partial charge in [-0.05, 0) is 18.6 Å². The number of hydrogen-bond donors (Lipinski definition) is 0. The number of Topliss-reactive ketones (excluding diaryl/α,β-unsaturated/α-hetero) is 3. The summed E-state index contributed by atoms with van der Waals surface area (Å²) in [5.41, 5.74) is -0.192. The number of ketones is 3. The molecule has 1 aromatic rings. The van der Waals surface area contributed by atoms with Crippen molar-refractivity contribution in [3.05, 3.63) is 22.7 Å². The molecule has 0 bridgehead atoms. The zero-order valence-electron chi connectivity index (χ0n) is 16.4. The average molecular weight is 444 g/mol. The van der Waals surface area contributed by atoms with Gasteiger partial charge in [0.2, 0.25) is 0 Å². The Morgan fingerprint density at radius 1 is 1.17 bits per heavy atom. The maximum absolute atomic E-state index is 12.9. The molecule has 0 N–H and O–H groups in total. The van der Waals surface area contributed by atoms with Gasteiger partial charge in [-0.25, -0.2) is 8.42 Å². The van der Waals surface area contributed by atoms with Crippen LogP contribution in [0.25, 0.3) is 0 Å². The number of likely N-dealkylation sites (N-methyl/N-ethyl adjacent to an activating group) is 1. The van der Waals surface area contributed by atoms with Crippen LogP contribution in [0.1, 0.15) is 36.5 Å². The highest BCUT2D eigenvalue weighted by Crippen LogP contribution is 2.37. The lowest BCUT2D eigenvalue weighted by Gasteiger charge is -2.20. The maximum Gasteiger partial charge on any atom is 0.259 e. The Labute approximate surface area is 174 Å². The van der Waals surface area contributed by atoms with Crippen LogP contribution in [-0.2, 0) is 24.2 Å². The van der Waals surface area contributed by atoms with Crippen molar-refractivity contribution < 1.29 is 32.3 Å². The van der Waals surface area contributed by atoms with Gasteiger partial charge >= 0.3 is 0 Å². The van der Waals surface area contributed by atoms with E-state index in [0.717, 1.165) is 6.07 Å². The van der Waals surface area contributed by atoms with Crippen molar-refractivity contribution >= 4 is 44.7 Å². The number of rotatable bonds is 7. The fourth-order valence-electron chi connectivity index (χ4n) is 2.88. The number of benzene rings is 1. The molecule has 0 aromatic heterocycles. The molecular formula is C19H22ClNO7S. The summed E-state index contributed by atoms with van der Waals surface area (Å²) in [6.07, 6.45) is 0.620. The van der Waals surface area contributed by atoms with Crippen LogP contribution >= 0.6 is 11.6 Å². The fourth-order valence-corrected chi connectivity index (χ4v) is 4.28. The molecule has 2 rings (SSSR count). The molecule has 1 aliphatic rings. The van der Waals surface area contributed by atoms with Gasteiger partial charge in [-0.3, -0.25) is 19.2 Å². The molecule has 158 valence electrons. The Kier molecular flexibility index (Phi) is 7.18. The standard InChI is InChI=1S/C19H22ClNO7S/c1-4-29(26,27)14-9-8-11(17(20)19(14)28-10-15(24)21(2)3)18(25)16-12(22)6-5-7-13(16)23/h8-9,16H,4-7,10H2,1-3H3. The second-order valence-corrected chi connectivity index (χ2v) is 9.44. The predicted molar refractivity (Wildman–Crippen MR) is 105 cm³/mol. The number of halogens is 1. The van der Waals surface area contributed by atoms with E-state index in [4.69, 9.17) is 16.3 Å². The minimum Gasteiger partial charge on any atom is -0.481 e. The van der Waals surface area contributed by atoms with Gasteiger partial charge < -0.3 is 9.64 Å². The molecule has 10 heteroatoms. The molecule has 1 fully saturated rings. The van der Waals surface area contributed by atoms with E-state index in [2.05, 4.69) is 0 Å². The first-order valence-corrected chi connectivity index (χ1v) is 11.0. The van der Waals surface area contributed by atoms with Gasteiger partial charge in [-0.15, -0.1) is 0 Å². The first-order chi connectivity index (χ1) is 13.5. The van der Waals surface area contributed by atoms with Gasteiger partial charge in [0.15, 0.2) is 39.5 Å². The zero-order valence-corrected chi connectivity index (χ0v) is 17.9. The SMILES string of the molecule is CCS(=O)(=O)c1ccc(C(=O)C2C(=O)CCCC2=O)c(Cl)c1OCC(=O)N(C)C. The first-order valence-electron chi connectivity index (χ1n) is 8.99. The molecule has 1 aliphatic carbocycles. The first kappa shape index (κ1) is 23.0. The van der Waals surface area contributed by atoms with Crippen molar-refractivity contribution in [1.82, 2.24) is 4.90 Å². The normalized spacial score (nSPS) is 15.3. The number of sulfone groups is 1. The quantitative estimate of drug-likeness (QED) is 0.465. The summed E-state index contributed by atoms with van der Waals surface area (Å²) in [4.78, 5) is 49.9. The molecule has 0 atom stereocenters. The Morgan fingerprint density at radius 2 is 1.76 bits per heavy atom. The van der Waals surface area contributed by atoms with Crippen molar-refractivity contribution in [2.24, 2.45) is 5.92 Å². The van der Waals surface area contributed by atoms with Crippen LogP contribution in [0.4, 0.5) is 0 Å². The highest BCUT2D eigenvalue weighted by molar-refractivity contribution is 7.91. The lowest BCUT2D eigenvalue weighted by atomic mass is 9.81. The average Bonchev–Trinajstić information content (AvgIpc) is 2.65. The van der Waals surface area contributed by atoms with E-state index in [1.54, 1.807) is 0 Å². The van der Waals surface area contributed by atoms with E-state index in [-0.39, 0.29) is 39.8 Å². The number of hydrogen-bond acceptors (Lipinski definition) is 7. The van der Waals surface area contributed by atoms with Crippen molar-refractivity contribution in [2.75, 3.05) is 26.5 Å². The second kappa shape index (κ2) is 9.04. The Balaban J connectivity index is 2.54. The van der Waals surface area contributed by atoms with Gasteiger partial charge in [0.25, 0.3) is 5.91 Å². The highest BCUT2D eigenvalue weighted by atomic mass is 35.5. The summed E-state index contributed by atoms with van der Waals surface area (Å²) < 4.78 is 30.2. The van der Waals surface area contributed by atoms with Crippen molar-refractivity contribution in [3.63, 3.8) is 0 Å². The summed E-state index contributed by atoms with van der Waals surface area (Å²) >= 11 is 6.29. The van der Waals surface area contributed by atoms with E-state index in [1.165, 1.54) is 32.0 Å². The summed E-state index contributed by atoms with van der Waals surface area (Å²) in [5, 5.41) is -0.345. The molecule has 0 aliphatic heterocycles. The fraction of sp³-hybridized carbons (Fsp3) is 0.474. The van der Waals surface area contributed by atoms with Crippen LogP contribution in [0, 0.1) is 5.92 Å². The van der Waals surface area contributed by atoms with Gasteiger partial charge in [0.1, 0.15) is 10.8 Å². The molecule has 0 radical (unpaired) electrons. The molecule has 1 saturated carbocycles. The highest BCUT2D eigenvalue weighted by Gasteiger charge is 2.38. The summed E-state index contributed by atoms with van der Waals surface area (Å²) in [6, 6.07) is 2.31. The number of amides is 1. The summed E-state index contributed by atoms with van der Waals surface area (Å²) in [6.45, 7) is 0.925. The molecule has 29 heavy (non-hydrogen) atoms.